The van der Waals surface area contributed by atoms with Crippen LogP contribution in [0.3, 0.4) is 0 Å². The fourth-order valence-corrected chi connectivity index (χ4v) is 3.67. The maximum absolute atomic E-state index is 13.3. The molecule has 1 aromatic rings. The predicted molar refractivity (Wildman–Crippen MR) is 86.7 cm³/mol. The van der Waals surface area contributed by atoms with Gasteiger partial charge in [0.1, 0.15) is 5.82 Å². The molecule has 0 saturated carbocycles. The smallest absolute Gasteiger partial charge is 0.231 e. The van der Waals surface area contributed by atoms with E-state index in [4.69, 9.17) is 4.74 Å². The molecule has 2 unspecified atom stereocenters. The highest BCUT2D eigenvalue weighted by Gasteiger charge is 2.42. The number of benzene rings is 1. The van der Waals surface area contributed by atoms with Crippen molar-refractivity contribution < 1.29 is 13.9 Å². The lowest BCUT2D eigenvalue weighted by Gasteiger charge is -2.39. The third kappa shape index (κ3) is 3.40. The summed E-state index contributed by atoms with van der Waals surface area (Å²) in [5, 5.41) is 6.62. The van der Waals surface area contributed by atoms with E-state index in [1.165, 1.54) is 12.1 Å². The van der Waals surface area contributed by atoms with Crippen LogP contribution >= 0.6 is 0 Å². The Kier molecular flexibility index (Phi) is 4.97. The first-order valence-electron chi connectivity index (χ1n) is 8.47. The molecule has 2 atom stereocenters. The number of amides is 1. The summed E-state index contributed by atoms with van der Waals surface area (Å²) >= 11 is 0. The average Bonchev–Trinajstić information content (AvgIpc) is 2.58. The average molecular weight is 320 g/mol. The second kappa shape index (κ2) is 6.97. The second-order valence-corrected chi connectivity index (χ2v) is 6.75. The summed E-state index contributed by atoms with van der Waals surface area (Å²) in [6.45, 7) is 5.14. The van der Waals surface area contributed by atoms with E-state index >= 15 is 0 Å². The summed E-state index contributed by atoms with van der Waals surface area (Å²) in [4.78, 5) is 13.1. The van der Waals surface area contributed by atoms with E-state index in [2.05, 4.69) is 17.6 Å². The number of ether oxygens (including phenoxy) is 1. The summed E-state index contributed by atoms with van der Waals surface area (Å²) < 4.78 is 18.7. The van der Waals surface area contributed by atoms with Gasteiger partial charge in [-0.25, -0.2) is 4.39 Å². The zero-order valence-electron chi connectivity index (χ0n) is 13.6. The summed E-state index contributed by atoms with van der Waals surface area (Å²) in [5.41, 5.74) is 0.289. The van der Waals surface area contributed by atoms with Crippen molar-refractivity contribution in [3.05, 3.63) is 35.6 Å². The van der Waals surface area contributed by atoms with Crippen LogP contribution in [0.4, 0.5) is 4.39 Å². The van der Waals surface area contributed by atoms with Crippen molar-refractivity contribution in [2.45, 2.75) is 37.6 Å². The van der Waals surface area contributed by atoms with Gasteiger partial charge < -0.3 is 15.4 Å². The quantitative estimate of drug-likeness (QED) is 0.895. The molecule has 1 amide bonds. The summed E-state index contributed by atoms with van der Waals surface area (Å²) in [7, 11) is 0. The minimum Gasteiger partial charge on any atom is -0.381 e. The second-order valence-electron chi connectivity index (χ2n) is 6.75. The Bertz CT molecular complexity index is 540. The lowest BCUT2D eigenvalue weighted by Crippen LogP contribution is -2.55. The van der Waals surface area contributed by atoms with E-state index in [9.17, 15) is 9.18 Å². The molecule has 2 saturated heterocycles. The third-order valence-corrected chi connectivity index (χ3v) is 5.28. The van der Waals surface area contributed by atoms with Gasteiger partial charge in [0.15, 0.2) is 0 Å². The molecule has 2 heterocycles. The van der Waals surface area contributed by atoms with Crippen LogP contribution in [0.5, 0.6) is 0 Å². The molecule has 0 aromatic heterocycles. The van der Waals surface area contributed by atoms with Crippen LogP contribution in [-0.2, 0) is 14.9 Å². The van der Waals surface area contributed by atoms with E-state index < -0.39 is 5.41 Å². The number of hydrogen-bond acceptors (Lipinski definition) is 3. The van der Waals surface area contributed by atoms with Crippen molar-refractivity contribution >= 4 is 5.91 Å². The third-order valence-electron chi connectivity index (χ3n) is 5.28. The summed E-state index contributed by atoms with van der Waals surface area (Å²) in [6.07, 6.45) is 2.23. The Morgan fingerprint density at radius 1 is 1.30 bits per heavy atom. The molecule has 2 fully saturated rings. The molecule has 0 bridgehead atoms. The van der Waals surface area contributed by atoms with Crippen molar-refractivity contribution in [1.29, 1.82) is 0 Å². The Morgan fingerprint density at radius 3 is 2.65 bits per heavy atom. The molecule has 1 aromatic carbocycles. The highest BCUT2D eigenvalue weighted by molar-refractivity contribution is 5.88. The van der Waals surface area contributed by atoms with Crippen molar-refractivity contribution in [3.8, 4) is 0 Å². The van der Waals surface area contributed by atoms with Gasteiger partial charge in [0, 0.05) is 19.3 Å². The van der Waals surface area contributed by atoms with E-state index in [1.54, 1.807) is 12.1 Å². The van der Waals surface area contributed by atoms with E-state index in [0.717, 1.165) is 25.1 Å². The van der Waals surface area contributed by atoms with Gasteiger partial charge >= 0.3 is 0 Å². The highest BCUT2D eigenvalue weighted by atomic mass is 19.1. The molecule has 0 spiro atoms. The molecule has 4 nitrogen and oxygen atoms in total. The molecule has 2 aliphatic rings. The molecule has 3 rings (SSSR count). The molecular formula is C18H25FN2O2. The number of carbonyl (C=O) groups is 1. The van der Waals surface area contributed by atoms with Crippen LogP contribution < -0.4 is 10.6 Å². The first-order valence-corrected chi connectivity index (χ1v) is 8.47. The molecule has 0 radical (unpaired) electrons. The number of halogens is 1. The zero-order valence-corrected chi connectivity index (χ0v) is 13.6. The molecule has 0 aliphatic carbocycles. The molecule has 23 heavy (non-hydrogen) atoms. The van der Waals surface area contributed by atoms with Gasteiger partial charge in [-0.3, -0.25) is 4.79 Å². The Labute approximate surface area is 136 Å². The largest absolute Gasteiger partial charge is 0.381 e. The first-order chi connectivity index (χ1) is 11.1. The number of rotatable bonds is 3. The maximum Gasteiger partial charge on any atom is 0.231 e. The van der Waals surface area contributed by atoms with Crippen molar-refractivity contribution in [3.63, 3.8) is 0 Å². The van der Waals surface area contributed by atoms with E-state index in [1.807, 2.05) is 0 Å². The fraction of sp³-hybridized carbons (Fsp3) is 0.611. The first kappa shape index (κ1) is 16.4. The summed E-state index contributed by atoms with van der Waals surface area (Å²) in [6, 6.07) is 6.56. The zero-order chi connectivity index (χ0) is 16.3. The van der Waals surface area contributed by atoms with Crippen molar-refractivity contribution in [2.24, 2.45) is 5.92 Å². The SMILES string of the molecule is CC1CNCCC1NC(=O)C1(c2ccc(F)cc2)CCOCC1. The fourth-order valence-electron chi connectivity index (χ4n) is 3.67. The monoisotopic (exact) mass is 320 g/mol. The topological polar surface area (TPSA) is 50.4 Å². The lowest BCUT2D eigenvalue weighted by molar-refractivity contribution is -0.131. The van der Waals surface area contributed by atoms with Gasteiger partial charge in [-0.15, -0.1) is 0 Å². The minimum atomic E-state index is -0.601. The Balaban J connectivity index is 1.83. The summed E-state index contributed by atoms with van der Waals surface area (Å²) in [5.74, 6) is 0.201. The molecule has 2 aliphatic heterocycles. The normalized spacial score (nSPS) is 27.4. The predicted octanol–water partition coefficient (Wildman–Crippen LogP) is 1.99. The van der Waals surface area contributed by atoms with E-state index in [-0.39, 0.29) is 17.8 Å². The van der Waals surface area contributed by atoms with Gasteiger partial charge in [-0.05, 0) is 56.0 Å². The Morgan fingerprint density at radius 2 is 2.00 bits per heavy atom. The van der Waals surface area contributed by atoms with Crippen LogP contribution in [-0.4, -0.2) is 38.3 Å². The van der Waals surface area contributed by atoms with Crippen molar-refractivity contribution in [1.82, 2.24) is 10.6 Å². The maximum atomic E-state index is 13.3. The minimum absolute atomic E-state index is 0.0613. The molecule has 5 heteroatoms. The Hall–Kier alpha value is -1.46. The van der Waals surface area contributed by atoms with E-state index in [0.29, 0.717) is 32.0 Å². The number of carbonyl (C=O) groups excluding carboxylic acids is 1. The molecule has 126 valence electrons. The number of nitrogens with one attached hydrogen (secondary N) is 2. The molecular weight excluding hydrogens is 295 g/mol. The van der Waals surface area contributed by atoms with Crippen LogP contribution in [0.2, 0.25) is 0 Å². The number of hydrogen-bond donors (Lipinski definition) is 2. The lowest BCUT2D eigenvalue weighted by atomic mass is 9.73. The van der Waals surface area contributed by atoms with Gasteiger partial charge in [-0.1, -0.05) is 19.1 Å². The van der Waals surface area contributed by atoms with Gasteiger partial charge in [-0.2, -0.15) is 0 Å². The number of piperidine rings is 1. The van der Waals surface area contributed by atoms with Crippen LogP contribution in [0.1, 0.15) is 31.7 Å². The van der Waals surface area contributed by atoms with Gasteiger partial charge in [0.2, 0.25) is 5.91 Å². The molecule has 2 N–H and O–H groups in total. The van der Waals surface area contributed by atoms with Gasteiger partial charge in [0.05, 0.1) is 5.41 Å². The van der Waals surface area contributed by atoms with Gasteiger partial charge in [0.25, 0.3) is 0 Å². The highest BCUT2D eigenvalue weighted by Crippen LogP contribution is 2.35. The van der Waals surface area contributed by atoms with Crippen LogP contribution in [0.15, 0.2) is 24.3 Å². The van der Waals surface area contributed by atoms with Crippen molar-refractivity contribution in [2.75, 3.05) is 26.3 Å². The standard InChI is InChI=1S/C18H25FN2O2/c1-13-12-20-9-6-16(13)21-17(22)18(7-10-23-11-8-18)14-2-4-15(19)5-3-14/h2-5,13,16,20H,6-12H2,1H3,(H,21,22). The van der Waals surface area contributed by atoms with Crippen LogP contribution in [0, 0.1) is 11.7 Å². The van der Waals surface area contributed by atoms with Crippen LogP contribution in [0.25, 0.3) is 0 Å².